The molecule has 0 spiro atoms. The summed E-state index contributed by atoms with van der Waals surface area (Å²) >= 11 is 0. The molecule has 0 heterocycles. The van der Waals surface area contributed by atoms with Crippen LogP contribution in [0.4, 0.5) is 0 Å². The van der Waals surface area contributed by atoms with Gasteiger partial charge in [-0.25, -0.2) is 8.42 Å². The second kappa shape index (κ2) is 9.61. The Morgan fingerprint density at radius 1 is 0.852 bits per heavy atom. The van der Waals surface area contributed by atoms with Crippen LogP contribution in [0.2, 0.25) is 0 Å². The Morgan fingerprint density at radius 3 is 1.96 bits per heavy atom. The van der Waals surface area contributed by atoms with E-state index in [1.165, 1.54) is 0 Å². The van der Waals surface area contributed by atoms with E-state index in [-0.39, 0.29) is 32.1 Å². The molecule has 1 amide bonds. The van der Waals surface area contributed by atoms with Gasteiger partial charge in [0.2, 0.25) is 5.91 Å². The van der Waals surface area contributed by atoms with E-state index >= 15 is 0 Å². The van der Waals surface area contributed by atoms with Crippen molar-refractivity contribution in [3.8, 4) is 11.1 Å². The third-order valence-electron chi connectivity index (χ3n) is 3.88. The Labute approximate surface area is 158 Å². The van der Waals surface area contributed by atoms with Gasteiger partial charge in [0.25, 0.3) is 0 Å². The van der Waals surface area contributed by atoms with Crippen LogP contribution in [-0.4, -0.2) is 48.5 Å². The Kier molecular flexibility index (Phi) is 7.49. The number of sulfone groups is 1. The molecule has 2 rings (SSSR count). The minimum absolute atomic E-state index is 0.0196. The van der Waals surface area contributed by atoms with Crippen LogP contribution >= 0.6 is 0 Å². The first-order valence-corrected chi connectivity index (χ1v) is 10.2. The van der Waals surface area contributed by atoms with Crippen molar-refractivity contribution < 1.29 is 28.5 Å². The van der Waals surface area contributed by atoms with Gasteiger partial charge in [0.1, 0.15) is 5.75 Å². The zero-order valence-corrected chi connectivity index (χ0v) is 15.6. The molecular weight excluding hydrogens is 370 g/mol. The first kappa shape index (κ1) is 21.0. The van der Waals surface area contributed by atoms with Gasteiger partial charge in [-0.2, -0.15) is 0 Å². The van der Waals surface area contributed by atoms with Gasteiger partial charge < -0.3 is 20.6 Å². The van der Waals surface area contributed by atoms with Crippen molar-refractivity contribution in [1.29, 1.82) is 0 Å². The lowest BCUT2D eigenvalue weighted by atomic mass is 9.99. The summed E-state index contributed by atoms with van der Waals surface area (Å²) < 4.78 is 24.2. The van der Waals surface area contributed by atoms with Gasteiger partial charge in [-0.3, -0.25) is 4.79 Å². The second-order valence-electron chi connectivity index (χ2n) is 6.16. The normalized spacial score (nSPS) is 11.4. The molecule has 2 aromatic rings. The topological polar surface area (TPSA) is 124 Å². The highest BCUT2D eigenvalue weighted by atomic mass is 32.2. The molecule has 0 saturated carbocycles. The molecule has 0 saturated heterocycles. The van der Waals surface area contributed by atoms with Crippen molar-refractivity contribution in [3.63, 3.8) is 0 Å². The van der Waals surface area contributed by atoms with E-state index in [1.54, 1.807) is 42.5 Å². The predicted octanol–water partition coefficient (Wildman–Crippen LogP) is 0.361. The maximum absolute atomic E-state index is 12.1. The summed E-state index contributed by atoms with van der Waals surface area (Å²) in [5.41, 5.74) is 3.54. The predicted molar refractivity (Wildman–Crippen MR) is 101 cm³/mol. The number of benzene rings is 2. The molecule has 0 atom stereocenters. The molecule has 0 aliphatic carbocycles. The van der Waals surface area contributed by atoms with Crippen LogP contribution in [-0.2, 0) is 33.6 Å². The highest BCUT2D eigenvalue weighted by Gasteiger charge is 2.17. The Hall–Kier alpha value is -2.26. The number of hydrogen-bond acceptors (Lipinski definition) is 6. The van der Waals surface area contributed by atoms with Crippen molar-refractivity contribution in [2.24, 2.45) is 0 Å². The highest BCUT2D eigenvalue weighted by Crippen LogP contribution is 2.24. The van der Waals surface area contributed by atoms with Gasteiger partial charge in [0, 0.05) is 6.54 Å². The van der Waals surface area contributed by atoms with Gasteiger partial charge >= 0.3 is 0 Å². The lowest BCUT2D eigenvalue weighted by molar-refractivity contribution is -0.118. The molecule has 4 N–H and O–H groups in total. The molecule has 0 fully saturated rings. The van der Waals surface area contributed by atoms with Gasteiger partial charge in [-0.15, -0.1) is 0 Å². The third kappa shape index (κ3) is 6.44. The Morgan fingerprint density at radius 2 is 1.44 bits per heavy atom. The van der Waals surface area contributed by atoms with E-state index in [0.29, 0.717) is 16.7 Å². The standard InChI is InChI=1S/C19H23NO6S/c21-6-5-20-19(24)13-27(25,26)12-14-1-3-17(4-2-14)18-8-15(10-22)7-16(9-18)11-23/h1-4,7-9,21-23H,5-6,10-13H2,(H,20,24). The van der Waals surface area contributed by atoms with E-state index in [1.807, 2.05) is 0 Å². The fraction of sp³-hybridized carbons (Fsp3) is 0.316. The smallest absolute Gasteiger partial charge is 0.235 e. The molecule has 27 heavy (non-hydrogen) atoms. The van der Waals surface area contributed by atoms with E-state index in [9.17, 15) is 23.4 Å². The summed E-state index contributed by atoms with van der Waals surface area (Å²) in [4.78, 5) is 11.5. The molecule has 7 nitrogen and oxygen atoms in total. The average molecular weight is 393 g/mol. The zero-order valence-electron chi connectivity index (χ0n) is 14.8. The number of carbonyl (C=O) groups excluding carboxylic acids is 1. The number of aliphatic hydroxyl groups is 3. The van der Waals surface area contributed by atoms with Crippen LogP contribution in [0.1, 0.15) is 16.7 Å². The lowest BCUT2D eigenvalue weighted by Crippen LogP contribution is -2.32. The SMILES string of the molecule is O=C(CS(=O)(=O)Cc1ccc(-c2cc(CO)cc(CO)c2)cc1)NCCO. The first-order chi connectivity index (χ1) is 12.9. The molecule has 8 heteroatoms. The van der Waals surface area contributed by atoms with Crippen molar-refractivity contribution in [2.45, 2.75) is 19.0 Å². The third-order valence-corrected chi connectivity index (χ3v) is 5.35. The van der Waals surface area contributed by atoms with Crippen molar-refractivity contribution in [1.82, 2.24) is 5.32 Å². The fourth-order valence-corrected chi connectivity index (χ4v) is 3.96. The van der Waals surface area contributed by atoms with Crippen LogP contribution in [0, 0.1) is 0 Å². The van der Waals surface area contributed by atoms with Crippen LogP contribution in [0.25, 0.3) is 11.1 Å². The molecule has 2 aromatic carbocycles. The summed E-state index contributed by atoms with van der Waals surface area (Å²) in [5, 5.41) is 29.6. The molecule has 0 unspecified atom stereocenters. The van der Waals surface area contributed by atoms with E-state index in [4.69, 9.17) is 5.11 Å². The fourth-order valence-electron chi connectivity index (χ4n) is 2.66. The van der Waals surface area contributed by atoms with Crippen molar-refractivity contribution in [3.05, 3.63) is 59.2 Å². The van der Waals surface area contributed by atoms with Gasteiger partial charge in [-0.1, -0.05) is 30.3 Å². The maximum Gasteiger partial charge on any atom is 0.235 e. The number of nitrogens with one attached hydrogen (secondary N) is 1. The largest absolute Gasteiger partial charge is 0.395 e. The number of aliphatic hydroxyl groups excluding tert-OH is 3. The molecule has 0 aromatic heterocycles. The van der Waals surface area contributed by atoms with Gasteiger partial charge in [-0.05, 0) is 39.9 Å². The summed E-state index contributed by atoms with van der Waals surface area (Å²) in [6.07, 6.45) is 0. The second-order valence-corrected chi connectivity index (χ2v) is 8.22. The maximum atomic E-state index is 12.1. The lowest BCUT2D eigenvalue weighted by Gasteiger charge is -2.09. The number of amides is 1. The van der Waals surface area contributed by atoms with Gasteiger partial charge in [0.15, 0.2) is 9.84 Å². The number of carbonyl (C=O) groups is 1. The number of hydrogen-bond donors (Lipinski definition) is 4. The Bertz CT molecular complexity index is 855. The van der Waals surface area contributed by atoms with Gasteiger partial charge in [0.05, 0.1) is 25.6 Å². The van der Waals surface area contributed by atoms with Crippen LogP contribution in [0.3, 0.4) is 0 Å². The van der Waals surface area contributed by atoms with Crippen LogP contribution in [0.5, 0.6) is 0 Å². The van der Waals surface area contributed by atoms with Crippen LogP contribution < -0.4 is 5.32 Å². The van der Waals surface area contributed by atoms with Crippen molar-refractivity contribution in [2.75, 3.05) is 18.9 Å². The zero-order chi connectivity index (χ0) is 19.9. The quantitative estimate of drug-likeness (QED) is 0.488. The highest BCUT2D eigenvalue weighted by molar-refractivity contribution is 7.91. The van der Waals surface area contributed by atoms with Crippen LogP contribution in [0.15, 0.2) is 42.5 Å². The molecule has 0 radical (unpaired) electrons. The first-order valence-electron chi connectivity index (χ1n) is 8.38. The minimum atomic E-state index is -3.62. The molecule has 146 valence electrons. The number of rotatable bonds is 9. The average Bonchev–Trinajstić information content (AvgIpc) is 2.65. The van der Waals surface area contributed by atoms with E-state index < -0.39 is 21.5 Å². The monoisotopic (exact) mass is 393 g/mol. The van der Waals surface area contributed by atoms with E-state index in [2.05, 4.69) is 5.32 Å². The Balaban J connectivity index is 2.12. The summed E-state index contributed by atoms with van der Waals surface area (Å²) in [6, 6.07) is 12.2. The van der Waals surface area contributed by atoms with E-state index in [0.717, 1.165) is 11.1 Å². The summed E-state index contributed by atoms with van der Waals surface area (Å²) in [7, 11) is -3.62. The minimum Gasteiger partial charge on any atom is -0.395 e. The molecule has 0 aliphatic rings. The molecule has 0 aliphatic heterocycles. The van der Waals surface area contributed by atoms with Crippen molar-refractivity contribution >= 4 is 15.7 Å². The molecule has 0 bridgehead atoms. The molecular formula is C19H23NO6S. The summed E-state index contributed by atoms with van der Waals surface area (Å²) in [6.45, 7) is -0.514. The summed E-state index contributed by atoms with van der Waals surface area (Å²) in [5.74, 6) is -1.54.